The van der Waals surface area contributed by atoms with Gasteiger partial charge in [0.05, 0.1) is 25.0 Å². The molecular weight excluding hydrogens is 315 g/mol. The summed E-state index contributed by atoms with van der Waals surface area (Å²) in [6, 6.07) is 8.79. The Labute approximate surface area is 135 Å². The summed E-state index contributed by atoms with van der Waals surface area (Å²) in [5.41, 5.74) is 6.34. The second kappa shape index (κ2) is 10.4. The van der Waals surface area contributed by atoms with Gasteiger partial charge in [-0.25, -0.2) is 0 Å². The van der Waals surface area contributed by atoms with E-state index in [1.165, 1.54) is 12.0 Å². The molecule has 2 atom stereocenters. The molecule has 1 aromatic rings. The number of amides is 1. The van der Waals surface area contributed by atoms with Crippen LogP contribution in [0.15, 0.2) is 30.3 Å². The number of methoxy groups -OCH3 is 1. The highest BCUT2D eigenvalue weighted by Gasteiger charge is 2.23. The highest BCUT2D eigenvalue weighted by atomic mass is 35.5. The Morgan fingerprint density at radius 3 is 2.62 bits per heavy atom. The average Bonchev–Trinajstić information content (AvgIpc) is 2.48. The highest BCUT2D eigenvalue weighted by molar-refractivity contribution is 6.18. The minimum atomic E-state index is -0.578. The molecule has 0 fully saturated rings. The van der Waals surface area contributed by atoms with Gasteiger partial charge in [-0.15, -0.1) is 24.0 Å². The first kappa shape index (κ1) is 19.7. The topological polar surface area (TPSA) is 91.4 Å². The molecule has 0 aliphatic rings. The fourth-order valence-corrected chi connectivity index (χ4v) is 1.84. The van der Waals surface area contributed by atoms with E-state index in [0.717, 1.165) is 6.34 Å². The van der Waals surface area contributed by atoms with E-state index in [-0.39, 0.29) is 30.8 Å². The molecule has 0 saturated carbocycles. The summed E-state index contributed by atoms with van der Waals surface area (Å²) < 4.78 is 5.06. The van der Waals surface area contributed by atoms with Gasteiger partial charge in [-0.3, -0.25) is 10.2 Å². The number of nitrogens with one attached hydrogen (secondary N) is 2. The maximum absolute atomic E-state index is 12.1. The number of nitrogens with zero attached hydrogens (tertiary/aromatic N) is 1. The molecule has 1 rings (SSSR count). The van der Waals surface area contributed by atoms with E-state index in [2.05, 4.69) is 5.32 Å². The lowest BCUT2D eigenvalue weighted by molar-refractivity contribution is 0.0724. The minimum absolute atomic E-state index is 0. The highest BCUT2D eigenvalue weighted by Crippen LogP contribution is 2.04. The van der Waals surface area contributed by atoms with Gasteiger partial charge in [0.15, 0.2) is 0 Å². The molecule has 118 valence electrons. The zero-order valence-electron chi connectivity index (χ0n) is 11.7. The van der Waals surface area contributed by atoms with Crippen molar-refractivity contribution in [2.24, 2.45) is 5.73 Å². The summed E-state index contributed by atoms with van der Waals surface area (Å²) in [5.74, 6) is -0.127. The van der Waals surface area contributed by atoms with E-state index >= 15 is 0 Å². The molecule has 2 unspecified atom stereocenters. The van der Waals surface area contributed by atoms with Gasteiger partial charge >= 0.3 is 0 Å². The van der Waals surface area contributed by atoms with Gasteiger partial charge < -0.3 is 20.7 Å². The Hall–Kier alpha value is -1.34. The SMILES string of the molecule is COCC(NC(=O)c1ccccc1)N(C=N)C(N)CCl.Cl. The van der Waals surface area contributed by atoms with Crippen LogP contribution in [-0.4, -0.2) is 49.1 Å². The number of halogens is 2. The first-order chi connectivity index (χ1) is 9.63. The lowest BCUT2D eigenvalue weighted by atomic mass is 10.2. The lowest BCUT2D eigenvalue weighted by Gasteiger charge is -2.33. The van der Waals surface area contributed by atoms with Crippen LogP contribution in [0.3, 0.4) is 0 Å². The number of ether oxygens (including phenoxy) is 1. The third kappa shape index (κ3) is 5.89. The molecule has 0 aromatic heterocycles. The summed E-state index contributed by atoms with van der Waals surface area (Å²) >= 11 is 5.70. The number of carbonyl (C=O) groups excluding carboxylic acids is 1. The molecule has 0 saturated heterocycles. The summed E-state index contributed by atoms with van der Waals surface area (Å²) in [6.07, 6.45) is -0.0912. The smallest absolute Gasteiger partial charge is 0.252 e. The molecule has 1 aromatic carbocycles. The minimum Gasteiger partial charge on any atom is -0.381 e. The van der Waals surface area contributed by atoms with E-state index in [1.54, 1.807) is 24.3 Å². The van der Waals surface area contributed by atoms with Crippen molar-refractivity contribution in [3.8, 4) is 0 Å². The molecule has 0 aliphatic heterocycles. The van der Waals surface area contributed by atoms with Crippen LogP contribution in [0.5, 0.6) is 0 Å². The zero-order chi connectivity index (χ0) is 15.0. The third-order valence-electron chi connectivity index (χ3n) is 2.71. The standard InChI is InChI=1S/C13H19ClN4O2.ClH/c1-20-8-12(18(9-15)11(16)7-14)17-13(19)10-5-3-2-4-6-10;/h2-6,9,11-12,15H,7-8,16H2,1H3,(H,17,19);1H. The van der Waals surface area contributed by atoms with Crippen molar-refractivity contribution in [3.05, 3.63) is 35.9 Å². The van der Waals surface area contributed by atoms with E-state index in [9.17, 15) is 4.79 Å². The quantitative estimate of drug-likeness (QED) is 0.289. The normalized spacial score (nSPS) is 12.7. The number of nitrogens with two attached hydrogens (primary N) is 1. The van der Waals surface area contributed by atoms with Crippen molar-refractivity contribution in [2.45, 2.75) is 12.3 Å². The van der Waals surface area contributed by atoms with Gasteiger partial charge in [0.1, 0.15) is 6.17 Å². The van der Waals surface area contributed by atoms with Crippen LogP contribution < -0.4 is 11.1 Å². The lowest BCUT2D eigenvalue weighted by Crippen LogP contribution is -2.57. The van der Waals surface area contributed by atoms with Gasteiger partial charge in [-0.2, -0.15) is 0 Å². The van der Waals surface area contributed by atoms with Gasteiger partial charge in [-0.05, 0) is 12.1 Å². The monoisotopic (exact) mass is 334 g/mol. The second-order valence-electron chi connectivity index (χ2n) is 4.11. The Bertz CT molecular complexity index is 433. The van der Waals surface area contributed by atoms with Crippen LogP contribution in [0, 0.1) is 5.41 Å². The average molecular weight is 335 g/mol. The molecule has 21 heavy (non-hydrogen) atoms. The fourth-order valence-electron chi connectivity index (χ4n) is 1.68. The molecule has 1 amide bonds. The molecular formula is C13H20Cl2N4O2. The number of rotatable bonds is 8. The molecule has 0 aliphatic carbocycles. The van der Waals surface area contributed by atoms with Crippen LogP contribution >= 0.6 is 24.0 Å². The van der Waals surface area contributed by atoms with Gasteiger partial charge in [-0.1, -0.05) is 18.2 Å². The predicted molar refractivity (Wildman–Crippen MR) is 86.1 cm³/mol. The second-order valence-corrected chi connectivity index (χ2v) is 4.42. The van der Waals surface area contributed by atoms with Crippen LogP contribution in [0.25, 0.3) is 0 Å². The summed E-state index contributed by atoms with van der Waals surface area (Å²) in [5, 5.41) is 10.2. The third-order valence-corrected chi connectivity index (χ3v) is 3.02. The first-order valence-electron chi connectivity index (χ1n) is 6.08. The largest absolute Gasteiger partial charge is 0.381 e. The van der Waals surface area contributed by atoms with Gasteiger partial charge in [0, 0.05) is 12.7 Å². The fraction of sp³-hybridized carbons (Fsp3) is 0.385. The van der Waals surface area contributed by atoms with Crippen molar-refractivity contribution in [3.63, 3.8) is 0 Å². The summed E-state index contributed by atoms with van der Waals surface area (Å²) in [7, 11) is 1.51. The Morgan fingerprint density at radius 1 is 1.52 bits per heavy atom. The summed E-state index contributed by atoms with van der Waals surface area (Å²) in [6.45, 7) is 0.193. The maximum Gasteiger partial charge on any atom is 0.252 e. The molecule has 0 bridgehead atoms. The number of hydrogen-bond donors (Lipinski definition) is 3. The molecule has 0 spiro atoms. The van der Waals surface area contributed by atoms with E-state index < -0.39 is 12.3 Å². The van der Waals surface area contributed by atoms with Crippen LogP contribution in [0.4, 0.5) is 0 Å². The zero-order valence-corrected chi connectivity index (χ0v) is 13.2. The van der Waals surface area contributed by atoms with E-state index in [0.29, 0.717) is 5.56 Å². The van der Waals surface area contributed by atoms with Crippen molar-refractivity contribution < 1.29 is 9.53 Å². The first-order valence-corrected chi connectivity index (χ1v) is 6.62. The molecule has 8 heteroatoms. The van der Waals surface area contributed by atoms with E-state index in [4.69, 9.17) is 27.5 Å². The van der Waals surface area contributed by atoms with Gasteiger partial charge in [0.25, 0.3) is 5.91 Å². The van der Waals surface area contributed by atoms with Crippen LogP contribution in [0.1, 0.15) is 10.4 Å². The van der Waals surface area contributed by atoms with Gasteiger partial charge in [0.2, 0.25) is 0 Å². The van der Waals surface area contributed by atoms with E-state index in [1.807, 2.05) is 6.07 Å². The molecule has 6 nitrogen and oxygen atoms in total. The van der Waals surface area contributed by atoms with Crippen LogP contribution in [0.2, 0.25) is 0 Å². The molecule has 4 N–H and O–H groups in total. The number of carbonyl (C=O) groups is 1. The number of hydrogen-bond acceptors (Lipinski definition) is 4. The molecule has 0 heterocycles. The number of benzene rings is 1. The Balaban J connectivity index is 0.00000400. The Kier molecular flexibility index (Phi) is 9.73. The maximum atomic E-state index is 12.1. The Morgan fingerprint density at radius 2 is 2.14 bits per heavy atom. The predicted octanol–water partition coefficient (Wildman–Crippen LogP) is 1.24. The van der Waals surface area contributed by atoms with Crippen molar-refractivity contribution >= 4 is 36.3 Å². The van der Waals surface area contributed by atoms with Crippen molar-refractivity contribution in [2.75, 3.05) is 19.6 Å². The summed E-state index contributed by atoms with van der Waals surface area (Å²) in [4.78, 5) is 13.6. The molecule has 0 radical (unpaired) electrons. The number of alkyl halides is 1. The van der Waals surface area contributed by atoms with Crippen molar-refractivity contribution in [1.29, 1.82) is 5.41 Å². The van der Waals surface area contributed by atoms with Crippen molar-refractivity contribution in [1.82, 2.24) is 10.2 Å². The van der Waals surface area contributed by atoms with Crippen LogP contribution in [-0.2, 0) is 4.74 Å².